The average Bonchev–Trinajstić information content (AvgIpc) is 2.72. The molecule has 0 atom stereocenters. The minimum atomic E-state index is -0.529. The van der Waals surface area contributed by atoms with Gasteiger partial charge in [0.15, 0.2) is 0 Å². The van der Waals surface area contributed by atoms with E-state index in [9.17, 15) is 4.39 Å². The lowest BCUT2D eigenvalue weighted by Crippen LogP contribution is -2.29. The highest BCUT2D eigenvalue weighted by atomic mass is 35.5. The van der Waals surface area contributed by atoms with Crippen molar-refractivity contribution in [2.45, 2.75) is 25.9 Å². The quantitative estimate of drug-likeness (QED) is 0.929. The molecule has 0 aliphatic carbocycles. The molecule has 2 rings (SSSR count). The summed E-state index contributed by atoms with van der Waals surface area (Å²) in [6.07, 6.45) is 1.78. The van der Waals surface area contributed by atoms with E-state index in [0.29, 0.717) is 12.2 Å². The molecule has 0 radical (unpaired) electrons. The lowest BCUT2D eigenvalue weighted by atomic mass is 10.0. The zero-order chi connectivity index (χ0) is 13.3. The fraction of sp³-hybridized carbons (Fsp3) is 0.333. The predicted octanol–water partition coefficient (Wildman–Crippen LogP) is 2.31. The molecule has 0 amide bonds. The Morgan fingerprint density at radius 1 is 1.44 bits per heavy atom. The Bertz CT molecular complexity index is 559. The lowest BCUT2D eigenvalue weighted by Gasteiger charge is -2.13. The molecule has 18 heavy (non-hydrogen) atoms. The van der Waals surface area contributed by atoms with Crippen LogP contribution in [0.25, 0.3) is 0 Å². The molecule has 96 valence electrons. The molecule has 0 unspecified atom stereocenters. The zero-order valence-electron chi connectivity index (χ0n) is 10.2. The number of hydrogen-bond donors (Lipinski definition) is 1. The number of benzene rings is 1. The van der Waals surface area contributed by atoms with Crippen LogP contribution in [0.15, 0.2) is 24.4 Å². The number of rotatable bonds is 3. The van der Waals surface area contributed by atoms with Crippen molar-refractivity contribution in [1.29, 1.82) is 0 Å². The van der Waals surface area contributed by atoms with Gasteiger partial charge in [-0.15, -0.1) is 5.10 Å². The molecule has 0 aliphatic heterocycles. The van der Waals surface area contributed by atoms with Crippen molar-refractivity contribution in [2.75, 3.05) is 0 Å². The molecular formula is C12H14ClFN4. The maximum Gasteiger partial charge on any atom is 0.141 e. The van der Waals surface area contributed by atoms with Crippen molar-refractivity contribution in [3.8, 4) is 0 Å². The van der Waals surface area contributed by atoms with Crippen molar-refractivity contribution in [1.82, 2.24) is 15.0 Å². The van der Waals surface area contributed by atoms with E-state index < -0.39 is 11.4 Å². The molecule has 0 aliphatic rings. The van der Waals surface area contributed by atoms with Crippen LogP contribution >= 0.6 is 11.6 Å². The summed E-state index contributed by atoms with van der Waals surface area (Å²) in [7, 11) is 0. The third-order valence-corrected chi connectivity index (χ3v) is 2.82. The molecular weight excluding hydrogens is 255 g/mol. The van der Waals surface area contributed by atoms with Gasteiger partial charge >= 0.3 is 0 Å². The van der Waals surface area contributed by atoms with Gasteiger partial charge in [-0.25, -0.2) is 9.07 Å². The van der Waals surface area contributed by atoms with E-state index in [4.69, 9.17) is 17.3 Å². The molecule has 2 aromatic rings. The van der Waals surface area contributed by atoms with Gasteiger partial charge in [-0.05, 0) is 31.5 Å². The van der Waals surface area contributed by atoms with Crippen molar-refractivity contribution >= 4 is 11.6 Å². The van der Waals surface area contributed by atoms with Gasteiger partial charge in [0.1, 0.15) is 11.5 Å². The van der Waals surface area contributed by atoms with Crippen molar-refractivity contribution in [3.63, 3.8) is 0 Å². The number of halogens is 2. The molecule has 1 aromatic heterocycles. The minimum absolute atomic E-state index is 0.104. The Morgan fingerprint density at radius 3 is 2.72 bits per heavy atom. The lowest BCUT2D eigenvalue weighted by molar-refractivity contribution is 0.533. The van der Waals surface area contributed by atoms with Crippen LogP contribution in [-0.4, -0.2) is 15.0 Å². The highest BCUT2D eigenvalue weighted by molar-refractivity contribution is 6.30. The summed E-state index contributed by atoms with van der Waals surface area (Å²) in [5, 5.41) is 8.09. The van der Waals surface area contributed by atoms with Crippen LogP contribution in [0.3, 0.4) is 0 Å². The third kappa shape index (κ3) is 2.86. The second kappa shape index (κ2) is 4.66. The Balaban J connectivity index is 2.19. The van der Waals surface area contributed by atoms with E-state index in [-0.39, 0.29) is 5.02 Å². The van der Waals surface area contributed by atoms with E-state index >= 15 is 0 Å². The van der Waals surface area contributed by atoms with Gasteiger partial charge in [0.2, 0.25) is 0 Å². The minimum Gasteiger partial charge on any atom is -0.320 e. The van der Waals surface area contributed by atoms with Gasteiger partial charge in [-0.2, -0.15) is 0 Å². The number of nitrogens with two attached hydrogens (primary N) is 1. The summed E-state index contributed by atoms with van der Waals surface area (Å²) < 4.78 is 14.7. The molecule has 2 N–H and O–H groups in total. The smallest absolute Gasteiger partial charge is 0.141 e. The van der Waals surface area contributed by atoms with Crippen molar-refractivity contribution in [3.05, 3.63) is 46.5 Å². The summed E-state index contributed by atoms with van der Waals surface area (Å²) in [4.78, 5) is 0. The van der Waals surface area contributed by atoms with Gasteiger partial charge in [0.05, 0.1) is 23.3 Å². The van der Waals surface area contributed by atoms with Crippen LogP contribution in [0.2, 0.25) is 5.02 Å². The second-order valence-corrected chi connectivity index (χ2v) is 5.18. The summed E-state index contributed by atoms with van der Waals surface area (Å²) >= 11 is 5.72. The second-order valence-electron chi connectivity index (χ2n) is 4.77. The van der Waals surface area contributed by atoms with Crippen molar-refractivity contribution in [2.24, 2.45) is 5.73 Å². The van der Waals surface area contributed by atoms with Crippen LogP contribution < -0.4 is 5.73 Å². The molecule has 4 nitrogen and oxygen atoms in total. The number of aromatic nitrogens is 3. The van der Waals surface area contributed by atoms with Gasteiger partial charge in [-0.1, -0.05) is 22.9 Å². The van der Waals surface area contributed by atoms with E-state index in [1.807, 2.05) is 13.8 Å². The van der Waals surface area contributed by atoms with Crippen LogP contribution in [0.5, 0.6) is 0 Å². The number of nitrogens with zero attached hydrogens (tertiary/aromatic N) is 3. The molecule has 0 bridgehead atoms. The van der Waals surface area contributed by atoms with E-state index in [1.54, 1.807) is 23.0 Å². The van der Waals surface area contributed by atoms with Crippen LogP contribution in [0.1, 0.15) is 25.1 Å². The zero-order valence-corrected chi connectivity index (χ0v) is 10.9. The van der Waals surface area contributed by atoms with Gasteiger partial charge in [0, 0.05) is 0 Å². The summed E-state index contributed by atoms with van der Waals surface area (Å²) in [5.41, 5.74) is 6.95. The Hall–Kier alpha value is -1.46. The molecule has 0 spiro atoms. The largest absolute Gasteiger partial charge is 0.320 e. The Morgan fingerprint density at radius 2 is 2.17 bits per heavy atom. The fourth-order valence-corrected chi connectivity index (χ4v) is 1.70. The molecule has 0 saturated heterocycles. The maximum atomic E-state index is 13.0. The first-order valence-electron chi connectivity index (χ1n) is 5.49. The Labute approximate surface area is 110 Å². The fourth-order valence-electron chi connectivity index (χ4n) is 1.50. The van der Waals surface area contributed by atoms with Gasteiger partial charge < -0.3 is 5.73 Å². The molecule has 1 aromatic carbocycles. The highest BCUT2D eigenvalue weighted by Gasteiger charge is 2.18. The SMILES string of the molecule is CC(C)(N)c1cn(Cc2ccc(F)c(Cl)c2)nn1. The topological polar surface area (TPSA) is 56.7 Å². The third-order valence-electron chi connectivity index (χ3n) is 2.53. The normalized spacial score (nSPS) is 11.8. The first-order valence-corrected chi connectivity index (χ1v) is 5.87. The standard InChI is InChI=1S/C12H14ClFN4/c1-12(2,15)11-7-18(17-16-11)6-8-3-4-10(14)9(13)5-8/h3-5,7H,6,15H2,1-2H3. The molecule has 6 heteroatoms. The highest BCUT2D eigenvalue weighted by Crippen LogP contribution is 2.17. The maximum absolute atomic E-state index is 13.0. The van der Waals surface area contributed by atoms with E-state index in [1.165, 1.54) is 6.07 Å². The van der Waals surface area contributed by atoms with Crippen LogP contribution in [-0.2, 0) is 12.1 Å². The summed E-state index contributed by atoms with van der Waals surface area (Å²) in [6.45, 7) is 4.19. The average molecular weight is 269 g/mol. The summed E-state index contributed by atoms with van der Waals surface area (Å²) in [6, 6.07) is 4.57. The van der Waals surface area contributed by atoms with Crippen LogP contribution in [0.4, 0.5) is 4.39 Å². The van der Waals surface area contributed by atoms with Crippen molar-refractivity contribution < 1.29 is 4.39 Å². The molecule has 0 saturated carbocycles. The number of hydrogen-bond acceptors (Lipinski definition) is 3. The van der Waals surface area contributed by atoms with E-state index in [0.717, 1.165) is 5.56 Å². The first kappa shape index (κ1) is 13.0. The van der Waals surface area contributed by atoms with Gasteiger partial charge in [0.25, 0.3) is 0 Å². The predicted molar refractivity (Wildman–Crippen MR) is 67.7 cm³/mol. The summed E-state index contributed by atoms with van der Waals surface area (Å²) in [5.74, 6) is -0.428. The monoisotopic (exact) mass is 268 g/mol. The molecule has 1 heterocycles. The Kier molecular flexibility index (Phi) is 3.36. The first-order chi connectivity index (χ1) is 8.36. The van der Waals surface area contributed by atoms with Gasteiger partial charge in [-0.3, -0.25) is 0 Å². The van der Waals surface area contributed by atoms with E-state index in [2.05, 4.69) is 10.3 Å². The van der Waals surface area contributed by atoms with Crippen LogP contribution in [0, 0.1) is 5.82 Å². The molecule has 0 fully saturated rings.